The number of nitrogens with one attached hydrogen (secondary N) is 1. The molecule has 0 unspecified atom stereocenters. The molecule has 0 bridgehead atoms. The second-order valence-corrected chi connectivity index (χ2v) is 4.91. The van der Waals surface area contributed by atoms with E-state index in [1.807, 2.05) is 6.92 Å². The van der Waals surface area contributed by atoms with Crippen molar-refractivity contribution in [3.63, 3.8) is 0 Å². The van der Waals surface area contributed by atoms with Gasteiger partial charge < -0.3 is 10.1 Å². The average Bonchev–Trinajstić information content (AvgIpc) is 2.48. The van der Waals surface area contributed by atoms with Gasteiger partial charge in [0.15, 0.2) is 0 Å². The summed E-state index contributed by atoms with van der Waals surface area (Å²) in [6.07, 6.45) is 12.4. The lowest BCUT2D eigenvalue weighted by Gasteiger charge is -2.21. The molecule has 0 aromatic carbocycles. The Morgan fingerprint density at radius 3 is 2.70 bits per heavy atom. The van der Waals surface area contributed by atoms with Crippen LogP contribution in [0.1, 0.15) is 44.6 Å². The van der Waals surface area contributed by atoms with Gasteiger partial charge in [-0.15, -0.1) is 0 Å². The molecule has 0 aliphatic heterocycles. The third-order valence-electron chi connectivity index (χ3n) is 3.30. The number of carbonyl (C=O) groups is 1. The van der Waals surface area contributed by atoms with Crippen LogP contribution in [-0.2, 0) is 4.79 Å². The van der Waals surface area contributed by atoms with Crippen LogP contribution in [0.15, 0.2) is 18.5 Å². The highest BCUT2D eigenvalue weighted by Crippen LogP contribution is 2.17. The van der Waals surface area contributed by atoms with Gasteiger partial charge in [0.05, 0.1) is 6.61 Å². The van der Waals surface area contributed by atoms with E-state index in [-0.39, 0.29) is 5.91 Å². The van der Waals surface area contributed by atoms with Crippen LogP contribution in [0.25, 0.3) is 6.08 Å². The van der Waals surface area contributed by atoms with Gasteiger partial charge >= 0.3 is 6.01 Å². The molecule has 0 radical (unpaired) electrons. The van der Waals surface area contributed by atoms with Crippen LogP contribution >= 0.6 is 0 Å². The molecule has 0 atom stereocenters. The SMILES string of the molecule is CCOc1ncc(/C=C/C(=O)NC2CCCCC2)cn1. The maximum atomic E-state index is 11.8. The van der Waals surface area contributed by atoms with Crippen molar-refractivity contribution in [3.05, 3.63) is 24.0 Å². The highest BCUT2D eigenvalue weighted by Gasteiger charge is 2.14. The third-order valence-corrected chi connectivity index (χ3v) is 3.30. The number of amides is 1. The summed E-state index contributed by atoms with van der Waals surface area (Å²) in [5.74, 6) is -0.0502. The van der Waals surface area contributed by atoms with Gasteiger partial charge in [-0.05, 0) is 25.8 Å². The van der Waals surface area contributed by atoms with E-state index in [4.69, 9.17) is 4.74 Å². The molecule has 5 heteroatoms. The zero-order chi connectivity index (χ0) is 14.2. The molecule has 1 N–H and O–H groups in total. The van der Waals surface area contributed by atoms with Crippen molar-refractivity contribution in [2.75, 3.05) is 6.61 Å². The second-order valence-electron chi connectivity index (χ2n) is 4.91. The zero-order valence-corrected chi connectivity index (χ0v) is 11.8. The molecule has 1 saturated carbocycles. The van der Waals surface area contributed by atoms with Gasteiger partial charge in [0.2, 0.25) is 5.91 Å². The predicted molar refractivity (Wildman–Crippen MR) is 77.3 cm³/mol. The van der Waals surface area contributed by atoms with Gasteiger partial charge in [-0.2, -0.15) is 0 Å². The van der Waals surface area contributed by atoms with Crippen molar-refractivity contribution in [2.45, 2.75) is 45.1 Å². The summed E-state index contributed by atoms with van der Waals surface area (Å²) in [7, 11) is 0. The Labute approximate surface area is 119 Å². The van der Waals surface area contributed by atoms with Crippen molar-refractivity contribution >= 4 is 12.0 Å². The van der Waals surface area contributed by atoms with Crippen molar-refractivity contribution < 1.29 is 9.53 Å². The first-order valence-electron chi connectivity index (χ1n) is 7.21. The van der Waals surface area contributed by atoms with E-state index in [2.05, 4.69) is 15.3 Å². The summed E-state index contributed by atoms with van der Waals surface area (Å²) < 4.78 is 5.16. The molecule has 5 nitrogen and oxygen atoms in total. The molecule has 1 amide bonds. The Kier molecular flexibility index (Phi) is 5.53. The first kappa shape index (κ1) is 14.5. The Morgan fingerprint density at radius 1 is 1.35 bits per heavy atom. The number of nitrogens with zero attached hydrogens (tertiary/aromatic N) is 2. The Bertz CT molecular complexity index is 451. The Balaban J connectivity index is 1.83. The molecule has 0 saturated heterocycles. The van der Waals surface area contributed by atoms with Crippen LogP contribution in [0.2, 0.25) is 0 Å². The maximum absolute atomic E-state index is 11.8. The summed E-state index contributed by atoms with van der Waals surface area (Å²) in [5.41, 5.74) is 0.784. The van der Waals surface area contributed by atoms with Gasteiger partial charge in [0.1, 0.15) is 0 Å². The van der Waals surface area contributed by atoms with Gasteiger partial charge in [0, 0.05) is 30.1 Å². The fraction of sp³-hybridized carbons (Fsp3) is 0.533. The molecule has 1 aromatic rings. The molecular weight excluding hydrogens is 254 g/mol. The van der Waals surface area contributed by atoms with Crippen LogP contribution in [0, 0.1) is 0 Å². The fourth-order valence-corrected chi connectivity index (χ4v) is 2.28. The third kappa shape index (κ3) is 4.64. The highest BCUT2D eigenvalue weighted by molar-refractivity contribution is 5.91. The van der Waals surface area contributed by atoms with Crippen LogP contribution in [0.3, 0.4) is 0 Å². The van der Waals surface area contributed by atoms with Crippen molar-refractivity contribution in [1.29, 1.82) is 0 Å². The number of aromatic nitrogens is 2. The molecule has 20 heavy (non-hydrogen) atoms. The summed E-state index contributed by atoms with van der Waals surface area (Å²) in [6, 6.07) is 0.689. The zero-order valence-electron chi connectivity index (χ0n) is 11.8. The number of hydrogen-bond donors (Lipinski definition) is 1. The summed E-state index contributed by atoms with van der Waals surface area (Å²) >= 11 is 0. The van der Waals surface area contributed by atoms with E-state index < -0.39 is 0 Å². The van der Waals surface area contributed by atoms with E-state index in [1.165, 1.54) is 25.3 Å². The quantitative estimate of drug-likeness (QED) is 0.838. The van der Waals surface area contributed by atoms with Crippen LogP contribution in [0.4, 0.5) is 0 Å². The van der Waals surface area contributed by atoms with E-state index in [9.17, 15) is 4.79 Å². The van der Waals surface area contributed by atoms with E-state index >= 15 is 0 Å². The summed E-state index contributed by atoms with van der Waals surface area (Å²) in [6.45, 7) is 2.42. The van der Waals surface area contributed by atoms with Crippen LogP contribution in [-0.4, -0.2) is 28.5 Å². The Morgan fingerprint density at radius 2 is 2.05 bits per heavy atom. The smallest absolute Gasteiger partial charge is 0.316 e. The van der Waals surface area contributed by atoms with Crippen molar-refractivity contribution in [1.82, 2.24) is 15.3 Å². The molecule has 1 aliphatic rings. The molecule has 1 fully saturated rings. The van der Waals surface area contributed by atoms with E-state index in [1.54, 1.807) is 18.5 Å². The van der Waals surface area contributed by atoms with Gasteiger partial charge in [-0.1, -0.05) is 19.3 Å². The molecule has 1 aliphatic carbocycles. The average molecular weight is 275 g/mol. The number of ether oxygens (including phenoxy) is 1. The monoisotopic (exact) mass is 275 g/mol. The van der Waals surface area contributed by atoms with Crippen molar-refractivity contribution in [3.8, 4) is 6.01 Å². The number of hydrogen-bond acceptors (Lipinski definition) is 4. The molecular formula is C15H21N3O2. The van der Waals surface area contributed by atoms with Crippen LogP contribution in [0.5, 0.6) is 6.01 Å². The minimum atomic E-state index is -0.0502. The largest absolute Gasteiger partial charge is 0.464 e. The maximum Gasteiger partial charge on any atom is 0.316 e. The lowest BCUT2D eigenvalue weighted by Crippen LogP contribution is -2.34. The second kappa shape index (κ2) is 7.62. The minimum absolute atomic E-state index is 0.0502. The molecule has 108 valence electrons. The van der Waals surface area contributed by atoms with Crippen molar-refractivity contribution in [2.24, 2.45) is 0 Å². The fourth-order valence-electron chi connectivity index (χ4n) is 2.28. The summed E-state index contributed by atoms with van der Waals surface area (Å²) in [4.78, 5) is 19.9. The first-order chi connectivity index (χ1) is 9.78. The number of rotatable bonds is 5. The lowest BCUT2D eigenvalue weighted by molar-refractivity contribution is -0.117. The van der Waals surface area contributed by atoms with Gasteiger partial charge in [0.25, 0.3) is 0 Å². The Hall–Kier alpha value is -1.91. The molecule has 0 spiro atoms. The molecule has 2 rings (SSSR count). The molecule has 1 aromatic heterocycles. The number of carbonyl (C=O) groups excluding carboxylic acids is 1. The lowest BCUT2D eigenvalue weighted by atomic mass is 9.95. The van der Waals surface area contributed by atoms with Crippen LogP contribution < -0.4 is 10.1 Å². The van der Waals surface area contributed by atoms with Gasteiger partial charge in [-0.3, -0.25) is 4.79 Å². The van der Waals surface area contributed by atoms with E-state index in [0.29, 0.717) is 18.7 Å². The normalized spacial score (nSPS) is 16.2. The topological polar surface area (TPSA) is 64.1 Å². The standard InChI is InChI=1S/C15H21N3O2/c1-2-20-15-16-10-12(11-17-15)8-9-14(19)18-13-6-4-3-5-7-13/h8-11,13H,2-7H2,1H3,(H,18,19)/b9-8+. The summed E-state index contributed by atoms with van der Waals surface area (Å²) in [5, 5.41) is 3.03. The predicted octanol–water partition coefficient (Wildman–Crippen LogP) is 2.34. The minimum Gasteiger partial charge on any atom is -0.464 e. The highest BCUT2D eigenvalue weighted by atomic mass is 16.5. The van der Waals surface area contributed by atoms with E-state index in [0.717, 1.165) is 18.4 Å². The van der Waals surface area contributed by atoms with Gasteiger partial charge in [-0.25, -0.2) is 9.97 Å². The molecule has 1 heterocycles. The first-order valence-corrected chi connectivity index (χ1v) is 7.21.